The van der Waals surface area contributed by atoms with Crippen LogP contribution >= 0.6 is 0 Å². The average molecular weight is 359 g/mol. The molecule has 1 N–H and O–H groups in total. The van der Waals surface area contributed by atoms with E-state index >= 15 is 0 Å². The number of rotatable bonds is 6. The van der Waals surface area contributed by atoms with E-state index in [1.807, 2.05) is 48.5 Å². The van der Waals surface area contributed by atoms with Crippen LogP contribution in [0.2, 0.25) is 0 Å². The molecule has 2 aromatic heterocycles. The summed E-state index contributed by atoms with van der Waals surface area (Å²) in [5.41, 5.74) is 3.75. The molecule has 0 fully saturated rings. The molecule has 0 saturated heterocycles. The van der Waals surface area contributed by atoms with E-state index in [0.717, 1.165) is 28.3 Å². The molecule has 0 amide bonds. The van der Waals surface area contributed by atoms with Crippen molar-refractivity contribution in [2.75, 3.05) is 12.4 Å². The second kappa shape index (κ2) is 7.61. The molecule has 0 atom stereocenters. The molecule has 27 heavy (non-hydrogen) atoms. The Labute approximate surface area is 155 Å². The number of nitrogens with zero attached hydrogens (tertiary/aromatic N) is 6. The minimum absolute atomic E-state index is 0.476. The number of hydrogen-bond acceptors (Lipinski definition) is 7. The maximum absolute atomic E-state index is 5.18. The van der Waals surface area contributed by atoms with Crippen molar-refractivity contribution in [1.29, 1.82) is 0 Å². The second-order valence-corrected chi connectivity index (χ2v) is 5.75. The number of methoxy groups -OCH3 is 1. The Balaban J connectivity index is 1.43. The average Bonchev–Trinajstić information content (AvgIpc) is 3.28. The van der Waals surface area contributed by atoms with E-state index in [1.54, 1.807) is 24.3 Å². The Kier molecular flexibility index (Phi) is 4.69. The summed E-state index contributed by atoms with van der Waals surface area (Å²) in [6, 6.07) is 15.7. The fourth-order valence-corrected chi connectivity index (χ4v) is 2.57. The van der Waals surface area contributed by atoms with E-state index < -0.39 is 0 Å². The number of benzene rings is 2. The third-order valence-electron chi connectivity index (χ3n) is 4.01. The van der Waals surface area contributed by atoms with Gasteiger partial charge in [0.2, 0.25) is 5.95 Å². The summed E-state index contributed by atoms with van der Waals surface area (Å²) < 4.78 is 6.89. The van der Waals surface area contributed by atoms with Crippen molar-refractivity contribution in [3.8, 4) is 22.7 Å². The van der Waals surface area contributed by atoms with Gasteiger partial charge in [-0.25, -0.2) is 14.6 Å². The molecule has 0 spiro atoms. The van der Waals surface area contributed by atoms with Crippen LogP contribution in [-0.2, 0) is 6.54 Å². The third-order valence-corrected chi connectivity index (χ3v) is 4.01. The Morgan fingerprint density at radius 3 is 2.56 bits per heavy atom. The van der Waals surface area contributed by atoms with Crippen LogP contribution in [0.1, 0.15) is 5.56 Å². The molecule has 134 valence electrons. The fourth-order valence-electron chi connectivity index (χ4n) is 2.57. The van der Waals surface area contributed by atoms with Gasteiger partial charge in [-0.15, -0.1) is 5.10 Å². The highest BCUT2D eigenvalue weighted by Crippen LogP contribution is 2.20. The van der Waals surface area contributed by atoms with Crippen molar-refractivity contribution in [2.45, 2.75) is 6.54 Å². The van der Waals surface area contributed by atoms with Gasteiger partial charge in [-0.3, -0.25) is 0 Å². The van der Waals surface area contributed by atoms with Gasteiger partial charge in [0, 0.05) is 12.1 Å². The summed E-state index contributed by atoms with van der Waals surface area (Å²) in [5.74, 6) is 1.28. The molecule has 0 aliphatic rings. The van der Waals surface area contributed by atoms with Gasteiger partial charge in [0.25, 0.3) is 0 Å². The lowest BCUT2D eigenvalue weighted by Gasteiger charge is -2.07. The molecule has 4 rings (SSSR count). The first-order valence-electron chi connectivity index (χ1n) is 8.34. The highest BCUT2D eigenvalue weighted by atomic mass is 16.5. The van der Waals surface area contributed by atoms with Gasteiger partial charge in [-0.05, 0) is 42.0 Å². The Morgan fingerprint density at radius 1 is 1.04 bits per heavy atom. The second-order valence-electron chi connectivity index (χ2n) is 5.75. The Hall–Kier alpha value is -3.81. The fraction of sp³-hybridized carbons (Fsp3) is 0.105. The lowest BCUT2D eigenvalue weighted by molar-refractivity contribution is 0.415. The molecule has 2 aromatic carbocycles. The number of ether oxygens (including phenoxy) is 1. The van der Waals surface area contributed by atoms with Gasteiger partial charge < -0.3 is 10.1 Å². The predicted octanol–water partition coefficient (Wildman–Crippen LogP) is 2.74. The zero-order valence-electron chi connectivity index (χ0n) is 14.6. The first kappa shape index (κ1) is 16.6. The number of aromatic nitrogens is 6. The van der Waals surface area contributed by atoms with Crippen LogP contribution in [0.25, 0.3) is 16.9 Å². The van der Waals surface area contributed by atoms with E-state index in [1.165, 1.54) is 6.33 Å². The normalized spacial score (nSPS) is 10.6. The van der Waals surface area contributed by atoms with E-state index in [9.17, 15) is 0 Å². The maximum atomic E-state index is 5.18. The van der Waals surface area contributed by atoms with Crippen molar-refractivity contribution in [3.05, 3.63) is 72.9 Å². The monoisotopic (exact) mass is 359 g/mol. The molecule has 0 aliphatic heterocycles. The van der Waals surface area contributed by atoms with Crippen LogP contribution in [0.3, 0.4) is 0 Å². The smallest absolute Gasteiger partial charge is 0.243 e. The molecule has 2 heterocycles. The van der Waals surface area contributed by atoms with Gasteiger partial charge in [0.05, 0.1) is 24.7 Å². The topological polar surface area (TPSA) is 90.6 Å². The standard InChI is InChI=1S/C19H17N7O/c1-27-17-8-4-15(5-9-17)18-11-22-25-19(24-18)21-10-14-2-6-16(7-3-14)26-13-20-12-23-26/h2-9,11-13H,10H2,1H3,(H,21,24,25). The summed E-state index contributed by atoms with van der Waals surface area (Å²) in [6.07, 6.45) is 4.81. The van der Waals surface area contributed by atoms with Gasteiger partial charge in [0.15, 0.2) is 0 Å². The maximum Gasteiger partial charge on any atom is 0.243 e. The van der Waals surface area contributed by atoms with Crippen LogP contribution in [0, 0.1) is 0 Å². The Morgan fingerprint density at radius 2 is 1.85 bits per heavy atom. The predicted molar refractivity (Wildman–Crippen MR) is 101 cm³/mol. The molecule has 8 nitrogen and oxygen atoms in total. The van der Waals surface area contributed by atoms with Crippen LogP contribution in [0.4, 0.5) is 5.95 Å². The van der Waals surface area contributed by atoms with Gasteiger partial charge in [0.1, 0.15) is 18.4 Å². The minimum Gasteiger partial charge on any atom is -0.497 e. The summed E-state index contributed by atoms with van der Waals surface area (Å²) in [4.78, 5) is 8.47. The molecule has 8 heteroatoms. The third kappa shape index (κ3) is 3.90. The lowest BCUT2D eigenvalue weighted by Crippen LogP contribution is -2.05. The minimum atomic E-state index is 0.476. The zero-order valence-corrected chi connectivity index (χ0v) is 14.6. The van der Waals surface area contributed by atoms with Crippen LogP contribution in [-0.4, -0.2) is 37.1 Å². The zero-order chi connectivity index (χ0) is 18.5. The van der Waals surface area contributed by atoms with Crippen molar-refractivity contribution < 1.29 is 4.74 Å². The van der Waals surface area contributed by atoms with Gasteiger partial charge in [-0.1, -0.05) is 12.1 Å². The highest BCUT2D eigenvalue weighted by Gasteiger charge is 2.04. The quantitative estimate of drug-likeness (QED) is 0.566. The highest BCUT2D eigenvalue weighted by molar-refractivity contribution is 5.60. The van der Waals surface area contributed by atoms with Crippen LogP contribution in [0.15, 0.2) is 67.4 Å². The lowest BCUT2D eigenvalue weighted by atomic mass is 10.1. The summed E-state index contributed by atoms with van der Waals surface area (Å²) >= 11 is 0. The summed E-state index contributed by atoms with van der Waals surface area (Å²) in [7, 11) is 1.64. The molecule has 0 radical (unpaired) electrons. The number of anilines is 1. The van der Waals surface area contributed by atoms with E-state index in [0.29, 0.717) is 12.5 Å². The van der Waals surface area contributed by atoms with Gasteiger partial charge >= 0.3 is 0 Å². The van der Waals surface area contributed by atoms with Crippen molar-refractivity contribution in [1.82, 2.24) is 29.9 Å². The molecule has 4 aromatic rings. The van der Waals surface area contributed by atoms with Crippen molar-refractivity contribution >= 4 is 5.95 Å². The first-order valence-corrected chi connectivity index (χ1v) is 8.34. The number of nitrogens with one attached hydrogen (secondary N) is 1. The number of hydrogen-bond donors (Lipinski definition) is 1. The molecular formula is C19H17N7O. The van der Waals surface area contributed by atoms with Crippen LogP contribution < -0.4 is 10.1 Å². The SMILES string of the molecule is COc1ccc(-c2cnnc(NCc3ccc(-n4cncn4)cc3)n2)cc1. The van der Waals surface area contributed by atoms with Crippen LogP contribution in [0.5, 0.6) is 5.75 Å². The summed E-state index contributed by atoms with van der Waals surface area (Å²) in [5, 5.41) is 15.4. The Bertz CT molecular complexity index is 999. The summed E-state index contributed by atoms with van der Waals surface area (Å²) in [6.45, 7) is 0.589. The van der Waals surface area contributed by atoms with E-state index in [-0.39, 0.29) is 0 Å². The van der Waals surface area contributed by atoms with E-state index in [4.69, 9.17) is 4.74 Å². The molecule has 0 aliphatic carbocycles. The van der Waals surface area contributed by atoms with E-state index in [2.05, 4.69) is 30.6 Å². The first-order chi connectivity index (χ1) is 13.3. The molecule has 0 bridgehead atoms. The molecule has 0 unspecified atom stereocenters. The molecule has 0 saturated carbocycles. The van der Waals surface area contributed by atoms with Crippen molar-refractivity contribution in [3.63, 3.8) is 0 Å². The van der Waals surface area contributed by atoms with Crippen molar-refractivity contribution in [2.24, 2.45) is 0 Å². The molecular weight excluding hydrogens is 342 g/mol. The van der Waals surface area contributed by atoms with Gasteiger partial charge in [-0.2, -0.15) is 10.2 Å². The largest absolute Gasteiger partial charge is 0.497 e.